The van der Waals surface area contributed by atoms with Crippen LogP contribution in [0.25, 0.3) is 0 Å². The van der Waals surface area contributed by atoms with Gasteiger partial charge in [-0.25, -0.2) is 13.2 Å². The molecule has 0 aliphatic heterocycles. The number of phenols is 2. The molecule has 2 aromatic rings. The molecule has 0 saturated heterocycles. The number of hydrogen-bond donors (Lipinski definition) is 4. The highest BCUT2D eigenvalue weighted by Gasteiger charge is 2.15. The number of phenolic OH excluding ortho intramolecular Hbond substituents is 2. The van der Waals surface area contributed by atoms with E-state index < -0.39 is 21.7 Å². The van der Waals surface area contributed by atoms with Gasteiger partial charge in [0.15, 0.2) is 0 Å². The van der Waals surface area contributed by atoms with E-state index in [2.05, 4.69) is 4.72 Å². The lowest BCUT2D eigenvalue weighted by Gasteiger charge is -2.09. The number of hydrogen-bond acceptors (Lipinski definition) is 5. The molecule has 116 valence electrons. The van der Waals surface area contributed by atoms with Crippen LogP contribution in [0.1, 0.15) is 15.9 Å². The van der Waals surface area contributed by atoms with Crippen LogP contribution in [0.15, 0.2) is 42.5 Å². The predicted octanol–water partition coefficient (Wildman–Crippen LogP) is 1.74. The van der Waals surface area contributed by atoms with Gasteiger partial charge in [-0.05, 0) is 42.5 Å². The summed E-state index contributed by atoms with van der Waals surface area (Å²) in [7, 11) is -3.83. The van der Waals surface area contributed by atoms with Crippen molar-refractivity contribution in [1.29, 1.82) is 0 Å². The molecular weight excluding hydrogens is 310 g/mol. The lowest BCUT2D eigenvalue weighted by Crippen LogP contribution is -2.15. The minimum Gasteiger partial charge on any atom is -0.508 e. The number of sulfonamides is 1. The van der Waals surface area contributed by atoms with Gasteiger partial charge in [0.25, 0.3) is 0 Å². The van der Waals surface area contributed by atoms with Crippen LogP contribution in [0.5, 0.6) is 11.5 Å². The van der Waals surface area contributed by atoms with Crippen LogP contribution in [0.4, 0.5) is 5.69 Å². The third kappa shape index (κ3) is 3.89. The van der Waals surface area contributed by atoms with Crippen LogP contribution in [-0.2, 0) is 15.8 Å². The van der Waals surface area contributed by atoms with Gasteiger partial charge in [0.2, 0.25) is 10.0 Å². The van der Waals surface area contributed by atoms with Crippen molar-refractivity contribution in [3.05, 3.63) is 53.6 Å². The van der Waals surface area contributed by atoms with Crippen LogP contribution in [0.2, 0.25) is 0 Å². The van der Waals surface area contributed by atoms with Gasteiger partial charge in [0, 0.05) is 11.3 Å². The summed E-state index contributed by atoms with van der Waals surface area (Å²) in [5, 5.41) is 27.7. The molecule has 2 aromatic carbocycles. The van der Waals surface area contributed by atoms with E-state index in [1.165, 1.54) is 36.4 Å². The first-order valence-corrected chi connectivity index (χ1v) is 7.77. The Bertz CT molecular complexity index is 799. The quantitative estimate of drug-likeness (QED) is 0.621. The summed E-state index contributed by atoms with van der Waals surface area (Å²) in [4.78, 5) is 10.7. The van der Waals surface area contributed by atoms with Gasteiger partial charge in [0.05, 0.1) is 11.3 Å². The number of carboxylic acid groups (broad SMARTS) is 1. The molecule has 0 heterocycles. The number of carboxylic acids is 1. The average Bonchev–Trinajstić information content (AvgIpc) is 2.42. The molecule has 2 rings (SSSR count). The first kappa shape index (κ1) is 15.6. The molecule has 0 radical (unpaired) electrons. The summed E-state index contributed by atoms with van der Waals surface area (Å²) in [5.74, 6) is -2.05. The van der Waals surface area contributed by atoms with Crippen LogP contribution in [0, 0.1) is 0 Å². The number of benzene rings is 2. The number of carbonyl (C=O) groups is 1. The van der Waals surface area contributed by atoms with Gasteiger partial charge in [0.1, 0.15) is 11.5 Å². The molecule has 0 fully saturated rings. The van der Waals surface area contributed by atoms with Crippen molar-refractivity contribution in [3.8, 4) is 11.5 Å². The molecule has 0 atom stereocenters. The van der Waals surface area contributed by atoms with Crippen molar-refractivity contribution >= 4 is 21.7 Å². The van der Waals surface area contributed by atoms with Gasteiger partial charge in [-0.3, -0.25) is 4.72 Å². The van der Waals surface area contributed by atoms with Crippen molar-refractivity contribution in [2.45, 2.75) is 5.75 Å². The summed E-state index contributed by atoms with van der Waals surface area (Å²) < 4.78 is 26.3. The van der Waals surface area contributed by atoms with E-state index in [1.54, 1.807) is 0 Å². The van der Waals surface area contributed by atoms with Gasteiger partial charge in [-0.15, -0.1) is 0 Å². The molecular formula is C14H13NO6S. The fraction of sp³-hybridized carbons (Fsp3) is 0.0714. The van der Waals surface area contributed by atoms with Crippen LogP contribution >= 0.6 is 0 Å². The predicted molar refractivity (Wildman–Crippen MR) is 79.4 cm³/mol. The molecule has 8 heteroatoms. The molecule has 0 spiro atoms. The van der Waals surface area contributed by atoms with E-state index in [4.69, 9.17) is 5.11 Å². The fourth-order valence-electron chi connectivity index (χ4n) is 1.79. The maximum atomic E-state index is 12.0. The Morgan fingerprint density at radius 1 is 1.05 bits per heavy atom. The van der Waals surface area contributed by atoms with Gasteiger partial charge < -0.3 is 15.3 Å². The molecule has 22 heavy (non-hydrogen) atoms. The standard InChI is InChI=1S/C14H13NO6S/c16-12-5-6-13(17)10(7-12)8-22(20,21)15-11-3-1-9(2-4-11)14(18)19/h1-7,15-17H,8H2,(H,18,19). The van der Waals surface area contributed by atoms with Gasteiger partial charge >= 0.3 is 5.97 Å². The monoisotopic (exact) mass is 323 g/mol. The summed E-state index contributed by atoms with van der Waals surface area (Å²) in [6, 6.07) is 8.78. The van der Waals surface area contributed by atoms with E-state index in [-0.39, 0.29) is 28.3 Å². The number of nitrogens with one attached hydrogen (secondary N) is 1. The van der Waals surface area contributed by atoms with Gasteiger partial charge in [-0.1, -0.05) is 0 Å². The van der Waals surface area contributed by atoms with Crippen LogP contribution in [0.3, 0.4) is 0 Å². The third-order valence-corrected chi connectivity index (χ3v) is 4.05. The molecule has 4 N–H and O–H groups in total. The smallest absolute Gasteiger partial charge is 0.335 e. The summed E-state index contributed by atoms with van der Waals surface area (Å²) >= 11 is 0. The zero-order chi connectivity index (χ0) is 16.3. The maximum absolute atomic E-state index is 12.0. The zero-order valence-electron chi connectivity index (χ0n) is 11.2. The van der Waals surface area contributed by atoms with Crippen molar-refractivity contribution in [2.24, 2.45) is 0 Å². The number of anilines is 1. The molecule has 7 nitrogen and oxygen atoms in total. The second kappa shape index (κ2) is 5.94. The maximum Gasteiger partial charge on any atom is 0.335 e. The van der Waals surface area contributed by atoms with Crippen molar-refractivity contribution in [2.75, 3.05) is 4.72 Å². The number of aromatic hydroxyl groups is 2. The minimum atomic E-state index is -3.83. The molecule has 0 aliphatic rings. The Labute approximate surface area is 126 Å². The highest BCUT2D eigenvalue weighted by atomic mass is 32.2. The summed E-state index contributed by atoms with van der Waals surface area (Å²) in [6.45, 7) is 0. The Morgan fingerprint density at radius 3 is 2.27 bits per heavy atom. The Hall–Kier alpha value is -2.74. The lowest BCUT2D eigenvalue weighted by atomic mass is 10.2. The van der Waals surface area contributed by atoms with E-state index in [0.29, 0.717) is 0 Å². The van der Waals surface area contributed by atoms with Crippen molar-refractivity contribution in [3.63, 3.8) is 0 Å². The summed E-state index contributed by atoms with van der Waals surface area (Å²) in [6.07, 6.45) is 0. The van der Waals surface area contributed by atoms with Gasteiger partial charge in [-0.2, -0.15) is 0 Å². The molecule has 0 bridgehead atoms. The highest BCUT2D eigenvalue weighted by molar-refractivity contribution is 7.91. The molecule has 0 aliphatic carbocycles. The largest absolute Gasteiger partial charge is 0.508 e. The van der Waals surface area contributed by atoms with E-state index >= 15 is 0 Å². The lowest BCUT2D eigenvalue weighted by molar-refractivity contribution is 0.0697. The Kier molecular flexibility index (Phi) is 4.22. The highest BCUT2D eigenvalue weighted by Crippen LogP contribution is 2.24. The molecule has 0 saturated carbocycles. The van der Waals surface area contributed by atoms with E-state index in [0.717, 1.165) is 6.07 Å². The van der Waals surface area contributed by atoms with Crippen molar-refractivity contribution < 1.29 is 28.5 Å². The Balaban J connectivity index is 2.17. The fourth-order valence-corrected chi connectivity index (χ4v) is 3.00. The minimum absolute atomic E-state index is 0.0357. The number of rotatable bonds is 5. The molecule has 0 aromatic heterocycles. The van der Waals surface area contributed by atoms with Crippen LogP contribution in [-0.4, -0.2) is 29.7 Å². The van der Waals surface area contributed by atoms with E-state index in [1.807, 2.05) is 0 Å². The Morgan fingerprint density at radius 2 is 1.68 bits per heavy atom. The second-order valence-corrected chi connectivity index (χ2v) is 6.28. The SMILES string of the molecule is O=C(O)c1ccc(NS(=O)(=O)Cc2cc(O)ccc2O)cc1. The zero-order valence-corrected chi connectivity index (χ0v) is 12.0. The average molecular weight is 323 g/mol. The molecule has 0 unspecified atom stereocenters. The normalized spacial score (nSPS) is 11.1. The van der Waals surface area contributed by atoms with Crippen molar-refractivity contribution in [1.82, 2.24) is 0 Å². The number of aromatic carboxylic acids is 1. The first-order valence-electron chi connectivity index (χ1n) is 6.11. The topological polar surface area (TPSA) is 124 Å². The molecule has 0 amide bonds. The first-order chi connectivity index (χ1) is 10.3. The van der Waals surface area contributed by atoms with E-state index in [9.17, 15) is 23.4 Å². The third-order valence-electron chi connectivity index (χ3n) is 2.81. The summed E-state index contributed by atoms with van der Waals surface area (Å²) in [5.41, 5.74) is 0.285. The second-order valence-electron chi connectivity index (χ2n) is 4.56. The van der Waals surface area contributed by atoms with Crippen LogP contribution < -0.4 is 4.72 Å².